The molecule has 0 atom stereocenters. The van der Waals surface area contributed by atoms with E-state index < -0.39 is 0 Å². The molecule has 25 heavy (non-hydrogen) atoms. The van der Waals surface area contributed by atoms with E-state index in [2.05, 4.69) is 41.2 Å². The fourth-order valence-electron chi connectivity index (χ4n) is 3.42. The van der Waals surface area contributed by atoms with Gasteiger partial charge in [-0.25, -0.2) is 0 Å². The topological polar surface area (TPSA) is 49.6 Å². The number of benzene rings is 1. The molecule has 0 saturated carbocycles. The van der Waals surface area contributed by atoms with Gasteiger partial charge in [0, 0.05) is 38.3 Å². The first-order valence-corrected chi connectivity index (χ1v) is 9.01. The molecule has 0 radical (unpaired) electrons. The van der Waals surface area contributed by atoms with Gasteiger partial charge in [0.2, 0.25) is 5.91 Å². The molecule has 1 saturated heterocycles. The summed E-state index contributed by atoms with van der Waals surface area (Å²) in [7, 11) is 0. The highest BCUT2D eigenvalue weighted by Gasteiger charge is 2.22. The van der Waals surface area contributed by atoms with Crippen molar-refractivity contribution in [1.82, 2.24) is 15.0 Å². The van der Waals surface area contributed by atoms with E-state index in [1.54, 1.807) is 0 Å². The molecule has 0 unspecified atom stereocenters. The molecule has 0 aliphatic carbocycles. The summed E-state index contributed by atoms with van der Waals surface area (Å²) < 4.78 is 5.17. The third-order valence-corrected chi connectivity index (χ3v) is 5.11. The fraction of sp³-hybridized carbons (Fsp3) is 0.500. The van der Waals surface area contributed by atoms with Crippen molar-refractivity contribution in [3.8, 4) is 0 Å². The molecule has 5 heteroatoms. The first kappa shape index (κ1) is 17.7. The van der Waals surface area contributed by atoms with Crippen LogP contribution in [0.4, 0.5) is 0 Å². The molecule has 1 aromatic carbocycles. The average molecular weight is 341 g/mol. The molecule has 2 heterocycles. The van der Waals surface area contributed by atoms with E-state index in [-0.39, 0.29) is 5.91 Å². The lowest BCUT2D eigenvalue weighted by Gasteiger charge is -2.22. The van der Waals surface area contributed by atoms with Gasteiger partial charge in [0.15, 0.2) is 0 Å². The highest BCUT2D eigenvalue weighted by atomic mass is 16.5. The van der Waals surface area contributed by atoms with Crippen molar-refractivity contribution < 1.29 is 9.32 Å². The standard InChI is InChI=1S/C20H27N3O2/c1-15-7-4-5-8-18(15)14-22-9-6-10-23(12-11-22)20(24)13-19-16(2)21-25-17(19)3/h4-5,7-8H,6,9-14H2,1-3H3. The lowest BCUT2D eigenvalue weighted by Crippen LogP contribution is -2.36. The van der Waals surface area contributed by atoms with Crippen LogP contribution in [-0.2, 0) is 17.8 Å². The van der Waals surface area contributed by atoms with Crippen LogP contribution in [0.15, 0.2) is 28.8 Å². The summed E-state index contributed by atoms with van der Waals surface area (Å²) in [6.45, 7) is 10.4. The first-order valence-electron chi connectivity index (χ1n) is 9.01. The van der Waals surface area contributed by atoms with Crippen molar-refractivity contribution in [3.05, 3.63) is 52.4 Å². The summed E-state index contributed by atoms with van der Waals surface area (Å²) >= 11 is 0. The maximum atomic E-state index is 12.7. The number of hydrogen-bond donors (Lipinski definition) is 0. The summed E-state index contributed by atoms with van der Waals surface area (Å²) in [5, 5.41) is 3.95. The van der Waals surface area contributed by atoms with Gasteiger partial charge in [0.1, 0.15) is 5.76 Å². The number of carbonyl (C=O) groups excluding carboxylic acids is 1. The predicted octanol–water partition coefficient (Wildman–Crippen LogP) is 2.88. The quantitative estimate of drug-likeness (QED) is 0.858. The summed E-state index contributed by atoms with van der Waals surface area (Å²) in [5.41, 5.74) is 4.46. The van der Waals surface area contributed by atoms with Crippen LogP contribution in [0.25, 0.3) is 0 Å². The highest BCUT2D eigenvalue weighted by Crippen LogP contribution is 2.16. The molecular weight excluding hydrogens is 314 g/mol. The van der Waals surface area contributed by atoms with Crippen molar-refractivity contribution in [1.29, 1.82) is 0 Å². The minimum Gasteiger partial charge on any atom is -0.361 e. The molecule has 2 aromatic rings. The third kappa shape index (κ3) is 4.28. The Bertz CT molecular complexity index is 719. The number of amides is 1. The van der Waals surface area contributed by atoms with Gasteiger partial charge in [0.05, 0.1) is 12.1 Å². The van der Waals surface area contributed by atoms with E-state index >= 15 is 0 Å². The number of aryl methyl sites for hydroxylation is 3. The van der Waals surface area contributed by atoms with Crippen molar-refractivity contribution >= 4 is 5.91 Å². The third-order valence-electron chi connectivity index (χ3n) is 5.11. The minimum atomic E-state index is 0.173. The second kappa shape index (κ2) is 7.83. The van der Waals surface area contributed by atoms with Crippen LogP contribution < -0.4 is 0 Å². The van der Waals surface area contributed by atoms with E-state index in [1.807, 2.05) is 18.7 Å². The van der Waals surface area contributed by atoms with E-state index in [1.165, 1.54) is 11.1 Å². The van der Waals surface area contributed by atoms with Crippen molar-refractivity contribution in [3.63, 3.8) is 0 Å². The Morgan fingerprint density at radius 1 is 1.12 bits per heavy atom. The Hall–Kier alpha value is -2.14. The van der Waals surface area contributed by atoms with Gasteiger partial charge in [0.25, 0.3) is 0 Å². The van der Waals surface area contributed by atoms with E-state index in [4.69, 9.17) is 4.52 Å². The van der Waals surface area contributed by atoms with Crippen LogP contribution >= 0.6 is 0 Å². The molecule has 5 nitrogen and oxygen atoms in total. The molecule has 1 aliphatic heterocycles. The molecular formula is C20H27N3O2. The maximum Gasteiger partial charge on any atom is 0.227 e. The zero-order valence-corrected chi connectivity index (χ0v) is 15.4. The Kier molecular flexibility index (Phi) is 5.53. The summed E-state index contributed by atoms with van der Waals surface area (Å²) in [6.07, 6.45) is 1.40. The van der Waals surface area contributed by atoms with Gasteiger partial charge in [-0.2, -0.15) is 0 Å². The number of rotatable bonds is 4. The average Bonchev–Trinajstić information content (AvgIpc) is 2.79. The minimum absolute atomic E-state index is 0.173. The zero-order valence-electron chi connectivity index (χ0n) is 15.4. The van der Waals surface area contributed by atoms with Gasteiger partial charge >= 0.3 is 0 Å². The van der Waals surface area contributed by atoms with Gasteiger partial charge in [-0.3, -0.25) is 9.69 Å². The number of hydrogen-bond acceptors (Lipinski definition) is 4. The lowest BCUT2D eigenvalue weighted by molar-refractivity contribution is -0.130. The smallest absolute Gasteiger partial charge is 0.227 e. The monoisotopic (exact) mass is 341 g/mol. The second-order valence-corrected chi connectivity index (χ2v) is 6.92. The van der Waals surface area contributed by atoms with Gasteiger partial charge in [-0.15, -0.1) is 0 Å². The van der Waals surface area contributed by atoms with E-state index in [0.29, 0.717) is 6.42 Å². The highest BCUT2D eigenvalue weighted by molar-refractivity contribution is 5.79. The van der Waals surface area contributed by atoms with Crippen LogP contribution in [-0.4, -0.2) is 47.0 Å². The van der Waals surface area contributed by atoms with Crippen LogP contribution in [0.3, 0.4) is 0 Å². The Labute approximate surface area is 149 Å². The summed E-state index contributed by atoms with van der Waals surface area (Å²) in [5.74, 6) is 0.925. The van der Waals surface area contributed by atoms with Crippen LogP contribution in [0.1, 0.15) is 34.6 Å². The Balaban J connectivity index is 1.58. The Morgan fingerprint density at radius 3 is 2.64 bits per heavy atom. The molecule has 3 rings (SSSR count). The van der Waals surface area contributed by atoms with Crippen LogP contribution in [0.2, 0.25) is 0 Å². The molecule has 0 N–H and O–H groups in total. The maximum absolute atomic E-state index is 12.7. The molecule has 1 aliphatic rings. The molecule has 1 aromatic heterocycles. The molecule has 0 bridgehead atoms. The van der Waals surface area contributed by atoms with Gasteiger partial charge in [-0.05, 0) is 38.3 Å². The summed E-state index contributed by atoms with van der Waals surface area (Å²) in [6, 6.07) is 8.53. The predicted molar refractivity (Wildman–Crippen MR) is 97.3 cm³/mol. The number of nitrogens with zero attached hydrogens (tertiary/aromatic N) is 3. The number of carbonyl (C=O) groups is 1. The van der Waals surface area contributed by atoms with Gasteiger partial charge in [-0.1, -0.05) is 29.4 Å². The van der Waals surface area contributed by atoms with Crippen molar-refractivity contribution in [2.75, 3.05) is 26.2 Å². The molecule has 1 fully saturated rings. The molecule has 1 amide bonds. The number of aromatic nitrogens is 1. The van der Waals surface area contributed by atoms with Crippen LogP contribution in [0, 0.1) is 20.8 Å². The normalized spacial score (nSPS) is 16.0. The summed E-state index contributed by atoms with van der Waals surface area (Å²) in [4.78, 5) is 17.1. The van der Waals surface area contributed by atoms with E-state index in [0.717, 1.165) is 56.2 Å². The van der Waals surface area contributed by atoms with Gasteiger partial charge < -0.3 is 9.42 Å². The molecule has 134 valence electrons. The van der Waals surface area contributed by atoms with Crippen molar-refractivity contribution in [2.45, 2.75) is 40.2 Å². The first-order chi connectivity index (χ1) is 12.0. The zero-order chi connectivity index (χ0) is 17.8. The Morgan fingerprint density at radius 2 is 1.92 bits per heavy atom. The second-order valence-electron chi connectivity index (χ2n) is 6.92. The fourth-order valence-corrected chi connectivity index (χ4v) is 3.42. The lowest BCUT2D eigenvalue weighted by atomic mass is 10.1. The van der Waals surface area contributed by atoms with Crippen molar-refractivity contribution in [2.24, 2.45) is 0 Å². The largest absolute Gasteiger partial charge is 0.361 e. The SMILES string of the molecule is Cc1ccccc1CN1CCCN(C(=O)Cc2c(C)noc2C)CC1. The van der Waals surface area contributed by atoms with E-state index in [9.17, 15) is 4.79 Å². The molecule has 0 spiro atoms. The van der Waals surface area contributed by atoms with Crippen LogP contribution in [0.5, 0.6) is 0 Å².